The third-order valence-electron chi connectivity index (χ3n) is 14.0. The second kappa shape index (κ2) is 16.0. The Bertz CT molecular complexity index is 3580. The number of hydrogen-bond acceptors (Lipinski definition) is 1. The fraction of sp³-hybridized carbons (Fsp3) is 0.0769. The van der Waals surface area contributed by atoms with E-state index >= 15 is 0 Å². The minimum absolute atomic E-state index is 0.257. The molecule has 0 bridgehead atoms. The van der Waals surface area contributed by atoms with Crippen LogP contribution in [0, 0.1) is 13.8 Å². The summed E-state index contributed by atoms with van der Waals surface area (Å²) < 4.78 is 2.44. The quantitative estimate of drug-likeness (QED) is 0.148. The molecule has 10 aromatic carbocycles. The van der Waals surface area contributed by atoms with Crippen molar-refractivity contribution in [3.05, 3.63) is 253 Å². The van der Waals surface area contributed by atoms with E-state index in [2.05, 4.69) is 268 Å². The average Bonchev–Trinajstić information content (AvgIpc) is 3.82. The second-order valence-electron chi connectivity index (χ2n) is 18.8. The number of hydrogen-bond donors (Lipinski definition) is 0. The van der Waals surface area contributed by atoms with E-state index in [-0.39, 0.29) is 5.41 Å². The van der Waals surface area contributed by atoms with Crippen LogP contribution in [0.1, 0.15) is 36.1 Å². The van der Waals surface area contributed by atoms with Gasteiger partial charge in [0.15, 0.2) is 0 Å². The van der Waals surface area contributed by atoms with E-state index < -0.39 is 0 Å². The molecule has 1 aliphatic carbocycles. The van der Waals surface area contributed by atoms with Crippen molar-refractivity contribution in [3.8, 4) is 61.3 Å². The lowest BCUT2D eigenvalue weighted by atomic mass is 9.82. The molecule has 0 atom stereocenters. The number of benzene rings is 10. The first-order valence-corrected chi connectivity index (χ1v) is 23.4. The smallest absolute Gasteiger partial charge is 0.0541 e. The van der Waals surface area contributed by atoms with Crippen LogP contribution in [0.15, 0.2) is 231 Å². The lowest BCUT2D eigenvalue weighted by molar-refractivity contribution is 0.660. The van der Waals surface area contributed by atoms with Crippen LogP contribution in [0.2, 0.25) is 0 Å². The van der Waals surface area contributed by atoms with Crippen molar-refractivity contribution in [1.29, 1.82) is 0 Å². The molecule has 0 radical (unpaired) electrons. The van der Waals surface area contributed by atoms with Gasteiger partial charge in [0.1, 0.15) is 0 Å². The predicted molar refractivity (Wildman–Crippen MR) is 284 cm³/mol. The number of nitrogens with zero attached hydrogens (tertiary/aromatic N) is 2. The number of aromatic nitrogens is 1. The molecule has 67 heavy (non-hydrogen) atoms. The van der Waals surface area contributed by atoms with E-state index in [1.807, 2.05) is 0 Å². The molecule has 0 saturated heterocycles. The summed E-state index contributed by atoms with van der Waals surface area (Å²) in [5, 5.41) is 2.55. The van der Waals surface area contributed by atoms with Crippen LogP contribution < -0.4 is 4.90 Å². The number of rotatable bonds is 8. The van der Waals surface area contributed by atoms with Crippen molar-refractivity contribution < 1.29 is 0 Å². The third-order valence-corrected chi connectivity index (χ3v) is 14.0. The topological polar surface area (TPSA) is 8.17 Å². The molecule has 2 heteroatoms. The summed E-state index contributed by atoms with van der Waals surface area (Å²) in [6.45, 7) is 9.14. The first kappa shape index (κ1) is 40.3. The predicted octanol–water partition coefficient (Wildman–Crippen LogP) is 17.8. The Kier molecular flexibility index (Phi) is 9.66. The third kappa shape index (κ3) is 7.05. The van der Waals surface area contributed by atoms with Gasteiger partial charge in [-0.1, -0.05) is 189 Å². The standard InChI is InChI=1S/C65H50N2/c1-43-35-44(2)37-50(36-43)48-23-25-49(26-24-48)52-38-51(46-17-9-6-10-18-46)39-56(40-52)66(53-29-27-47(28-30-53)45-15-7-5-8-16-45)54-31-33-57-58-34-32-55(42-62(58)65(3,4)61(57)41-54)67-63-21-13-11-19-59(63)60-20-12-14-22-64(60)67/h5-42H,1-4H3. The van der Waals surface area contributed by atoms with Gasteiger partial charge in [-0.15, -0.1) is 0 Å². The molecule has 0 N–H and O–H groups in total. The van der Waals surface area contributed by atoms with Gasteiger partial charge in [-0.25, -0.2) is 0 Å². The molecule has 0 unspecified atom stereocenters. The zero-order valence-electron chi connectivity index (χ0n) is 38.3. The summed E-state index contributed by atoms with van der Waals surface area (Å²) >= 11 is 0. The Balaban J connectivity index is 1.00. The minimum Gasteiger partial charge on any atom is -0.310 e. The van der Waals surface area contributed by atoms with Crippen molar-refractivity contribution in [3.63, 3.8) is 0 Å². The zero-order valence-corrected chi connectivity index (χ0v) is 38.3. The molecule has 1 aliphatic rings. The molecule has 1 aromatic heterocycles. The summed E-state index contributed by atoms with van der Waals surface area (Å²) in [5.41, 5.74) is 24.1. The minimum atomic E-state index is -0.257. The Morgan fingerprint density at radius 3 is 1.34 bits per heavy atom. The van der Waals surface area contributed by atoms with E-state index in [1.165, 1.54) is 105 Å². The van der Waals surface area contributed by atoms with Gasteiger partial charge in [-0.3, -0.25) is 0 Å². The number of aryl methyl sites for hydroxylation is 2. The van der Waals surface area contributed by atoms with Gasteiger partial charge in [0.25, 0.3) is 0 Å². The Hall–Kier alpha value is -8.20. The fourth-order valence-corrected chi connectivity index (χ4v) is 10.8. The molecular weight excluding hydrogens is 809 g/mol. The molecule has 12 rings (SSSR count). The molecule has 1 heterocycles. The van der Waals surface area contributed by atoms with Gasteiger partial charge in [-0.05, 0) is 147 Å². The molecule has 11 aromatic rings. The van der Waals surface area contributed by atoms with Crippen LogP contribution in [-0.2, 0) is 5.41 Å². The largest absolute Gasteiger partial charge is 0.310 e. The van der Waals surface area contributed by atoms with Crippen molar-refractivity contribution in [2.75, 3.05) is 4.90 Å². The molecule has 320 valence electrons. The number of anilines is 3. The Labute approximate surface area is 393 Å². The van der Waals surface area contributed by atoms with E-state index in [0.717, 1.165) is 17.1 Å². The number of fused-ring (bicyclic) bond motifs is 6. The zero-order chi connectivity index (χ0) is 45.2. The van der Waals surface area contributed by atoms with Gasteiger partial charge < -0.3 is 9.47 Å². The van der Waals surface area contributed by atoms with Crippen molar-refractivity contribution in [1.82, 2.24) is 4.57 Å². The summed E-state index contributed by atoms with van der Waals surface area (Å²) in [7, 11) is 0. The summed E-state index contributed by atoms with van der Waals surface area (Å²) in [4.78, 5) is 2.46. The van der Waals surface area contributed by atoms with Crippen LogP contribution >= 0.6 is 0 Å². The second-order valence-corrected chi connectivity index (χ2v) is 18.8. The highest BCUT2D eigenvalue weighted by molar-refractivity contribution is 6.09. The average molecular weight is 859 g/mol. The highest BCUT2D eigenvalue weighted by Gasteiger charge is 2.37. The fourth-order valence-electron chi connectivity index (χ4n) is 10.8. The van der Waals surface area contributed by atoms with Crippen LogP contribution in [0.3, 0.4) is 0 Å². The van der Waals surface area contributed by atoms with Crippen LogP contribution in [-0.4, -0.2) is 4.57 Å². The van der Waals surface area contributed by atoms with E-state index in [9.17, 15) is 0 Å². The molecule has 0 aliphatic heterocycles. The van der Waals surface area contributed by atoms with Crippen molar-refractivity contribution in [2.24, 2.45) is 0 Å². The maximum atomic E-state index is 2.46. The SMILES string of the molecule is Cc1cc(C)cc(-c2ccc(-c3cc(-c4ccccc4)cc(N(c4ccc(-c5ccccc5)cc4)c4ccc5c(c4)C(C)(C)c4cc(-n6c7ccccc7c7ccccc76)ccc4-5)c3)cc2)c1. The monoisotopic (exact) mass is 858 g/mol. The van der Waals surface area contributed by atoms with Gasteiger partial charge in [0.05, 0.1) is 11.0 Å². The van der Waals surface area contributed by atoms with Gasteiger partial charge >= 0.3 is 0 Å². The highest BCUT2D eigenvalue weighted by Crippen LogP contribution is 2.52. The lowest BCUT2D eigenvalue weighted by Gasteiger charge is -2.29. The summed E-state index contributed by atoms with van der Waals surface area (Å²) in [5.74, 6) is 0. The normalized spacial score (nSPS) is 12.6. The van der Waals surface area contributed by atoms with Crippen LogP contribution in [0.5, 0.6) is 0 Å². The van der Waals surface area contributed by atoms with Crippen LogP contribution in [0.25, 0.3) is 83.1 Å². The highest BCUT2D eigenvalue weighted by atomic mass is 15.1. The van der Waals surface area contributed by atoms with Gasteiger partial charge in [0.2, 0.25) is 0 Å². The molecule has 0 amide bonds. The van der Waals surface area contributed by atoms with Crippen LogP contribution in [0.4, 0.5) is 17.1 Å². The van der Waals surface area contributed by atoms with Gasteiger partial charge in [-0.2, -0.15) is 0 Å². The van der Waals surface area contributed by atoms with Crippen molar-refractivity contribution in [2.45, 2.75) is 33.1 Å². The Morgan fingerprint density at radius 2 is 0.761 bits per heavy atom. The summed E-state index contributed by atoms with van der Waals surface area (Å²) in [6.07, 6.45) is 0. The first-order chi connectivity index (χ1) is 32.8. The van der Waals surface area contributed by atoms with E-state index in [0.29, 0.717) is 0 Å². The van der Waals surface area contributed by atoms with E-state index in [1.54, 1.807) is 0 Å². The Morgan fingerprint density at radius 1 is 0.328 bits per heavy atom. The maximum Gasteiger partial charge on any atom is 0.0541 e. The lowest BCUT2D eigenvalue weighted by Crippen LogP contribution is -2.17. The maximum absolute atomic E-state index is 2.46. The molecular formula is C65H50N2. The first-order valence-electron chi connectivity index (χ1n) is 23.4. The van der Waals surface area contributed by atoms with Gasteiger partial charge in [0, 0.05) is 38.9 Å². The molecule has 0 fully saturated rings. The molecule has 2 nitrogen and oxygen atoms in total. The molecule has 0 spiro atoms. The van der Waals surface area contributed by atoms with Crippen molar-refractivity contribution >= 4 is 38.9 Å². The van der Waals surface area contributed by atoms with E-state index in [4.69, 9.17) is 0 Å². The number of para-hydroxylation sites is 2. The summed E-state index contributed by atoms with van der Waals surface area (Å²) in [6, 6.07) is 85.3. The molecule has 0 saturated carbocycles.